The van der Waals surface area contributed by atoms with Gasteiger partial charge in [-0.2, -0.15) is 4.31 Å². The summed E-state index contributed by atoms with van der Waals surface area (Å²) in [6, 6.07) is 3.57. The molecule has 1 aromatic carbocycles. The highest BCUT2D eigenvalue weighted by molar-refractivity contribution is 7.89. The molecule has 6 heteroatoms. The molecule has 0 saturated carbocycles. The topological polar surface area (TPSA) is 63.4 Å². The van der Waals surface area contributed by atoms with Crippen LogP contribution in [0.3, 0.4) is 0 Å². The van der Waals surface area contributed by atoms with E-state index in [-0.39, 0.29) is 17.1 Å². The molecule has 0 heterocycles. The van der Waals surface area contributed by atoms with Crippen molar-refractivity contribution in [1.82, 2.24) is 4.31 Å². The number of anilines is 1. The lowest BCUT2D eigenvalue weighted by molar-refractivity contribution is 0.216. The Balaban J connectivity index is 3.33. The van der Waals surface area contributed by atoms with Gasteiger partial charge in [-0.15, -0.1) is 0 Å². The SMILES string of the molecule is CC(N(C)S(=O)(=O)c1c(N)cccc1F)C(C)(C)C. The fraction of sp³-hybridized carbons (Fsp3) is 0.538. The molecule has 0 saturated heterocycles. The highest BCUT2D eigenvalue weighted by Gasteiger charge is 2.34. The van der Waals surface area contributed by atoms with Crippen molar-refractivity contribution in [3.8, 4) is 0 Å². The summed E-state index contributed by atoms with van der Waals surface area (Å²) in [6.07, 6.45) is 0. The zero-order valence-electron chi connectivity index (χ0n) is 11.9. The summed E-state index contributed by atoms with van der Waals surface area (Å²) in [5.41, 5.74) is 5.27. The van der Waals surface area contributed by atoms with E-state index in [2.05, 4.69) is 0 Å². The van der Waals surface area contributed by atoms with Crippen molar-refractivity contribution >= 4 is 15.7 Å². The number of hydrogen-bond donors (Lipinski definition) is 1. The van der Waals surface area contributed by atoms with E-state index in [1.54, 1.807) is 6.92 Å². The van der Waals surface area contributed by atoms with Crippen LogP contribution in [0.5, 0.6) is 0 Å². The van der Waals surface area contributed by atoms with E-state index in [1.807, 2.05) is 20.8 Å². The molecule has 0 aliphatic carbocycles. The average Bonchev–Trinajstić information content (AvgIpc) is 2.25. The normalized spacial score (nSPS) is 14.7. The lowest BCUT2D eigenvalue weighted by Crippen LogP contribution is -2.43. The van der Waals surface area contributed by atoms with Gasteiger partial charge < -0.3 is 5.73 Å². The Bertz CT molecular complexity index is 544. The van der Waals surface area contributed by atoms with Gasteiger partial charge >= 0.3 is 0 Å². The zero-order valence-corrected chi connectivity index (χ0v) is 12.8. The predicted molar refractivity (Wildman–Crippen MR) is 74.7 cm³/mol. The van der Waals surface area contributed by atoms with E-state index in [1.165, 1.54) is 23.5 Å². The second-order valence-electron chi connectivity index (χ2n) is 5.72. The zero-order chi connectivity index (χ0) is 15.0. The monoisotopic (exact) mass is 288 g/mol. The van der Waals surface area contributed by atoms with Crippen LogP contribution in [-0.2, 0) is 10.0 Å². The van der Waals surface area contributed by atoms with Crippen LogP contribution in [0.15, 0.2) is 23.1 Å². The molecule has 0 aromatic heterocycles. The minimum Gasteiger partial charge on any atom is -0.398 e. The van der Waals surface area contributed by atoms with Crippen LogP contribution in [0.4, 0.5) is 10.1 Å². The summed E-state index contributed by atoms with van der Waals surface area (Å²) in [5, 5.41) is 0. The first kappa shape index (κ1) is 15.9. The van der Waals surface area contributed by atoms with E-state index < -0.39 is 20.7 Å². The Morgan fingerprint density at radius 1 is 1.32 bits per heavy atom. The average molecular weight is 288 g/mol. The summed E-state index contributed by atoms with van der Waals surface area (Å²) in [6.45, 7) is 7.56. The minimum absolute atomic E-state index is 0.0760. The molecule has 0 fully saturated rings. The Morgan fingerprint density at radius 3 is 2.26 bits per heavy atom. The molecule has 19 heavy (non-hydrogen) atoms. The van der Waals surface area contributed by atoms with Gasteiger partial charge in [0.15, 0.2) is 0 Å². The summed E-state index contributed by atoms with van der Waals surface area (Å²) >= 11 is 0. The summed E-state index contributed by atoms with van der Waals surface area (Å²) in [5.74, 6) is -0.826. The molecule has 0 bridgehead atoms. The number of rotatable bonds is 3. The van der Waals surface area contributed by atoms with E-state index in [0.717, 1.165) is 6.07 Å². The maximum atomic E-state index is 13.8. The highest BCUT2D eigenvalue weighted by Crippen LogP contribution is 2.30. The molecule has 1 aromatic rings. The lowest BCUT2D eigenvalue weighted by atomic mass is 9.88. The molecule has 1 unspecified atom stereocenters. The first-order valence-corrected chi connectivity index (χ1v) is 7.45. The number of nitrogens with zero attached hydrogens (tertiary/aromatic N) is 1. The van der Waals surface area contributed by atoms with Gasteiger partial charge in [-0.3, -0.25) is 0 Å². The molecule has 4 nitrogen and oxygen atoms in total. The van der Waals surface area contributed by atoms with Crippen LogP contribution >= 0.6 is 0 Å². The van der Waals surface area contributed by atoms with Crippen LogP contribution in [0.2, 0.25) is 0 Å². The summed E-state index contributed by atoms with van der Waals surface area (Å²) in [7, 11) is -2.51. The van der Waals surface area contributed by atoms with Crippen molar-refractivity contribution in [1.29, 1.82) is 0 Å². The largest absolute Gasteiger partial charge is 0.398 e. The molecular formula is C13H21FN2O2S. The number of sulfonamides is 1. The number of benzene rings is 1. The van der Waals surface area contributed by atoms with Gasteiger partial charge in [0, 0.05) is 13.1 Å². The van der Waals surface area contributed by atoms with Gasteiger partial charge in [0.1, 0.15) is 10.7 Å². The smallest absolute Gasteiger partial charge is 0.248 e. The van der Waals surface area contributed by atoms with Crippen LogP contribution in [0, 0.1) is 11.2 Å². The standard InChI is InChI=1S/C13H21FN2O2S/c1-9(13(2,3)4)16(5)19(17,18)12-10(14)7-6-8-11(12)15/h6-9H,15H2,1-5H3. The van der Waals surface area contributed by atoms with Gasteiger partial charge in [-0.25, -0.2) is 12.8 Å². The predicted octanol–water partition coefficient (Wildman–Crippen LogP) is 2.46. The number of nitrogens with two attached hydrogens (primary N) is 1. The number of halogens is 1. The summed E-state index contributed by atoms with van der Waals surface area (Å²) in [4.78, 5) is -0.450. The fourth-order valence-corrected chi connectivity index (χ4v) is 3.40. The molecule has 0 aliphatic rings. The van der Waals surface area contributed by atoms with Gasteiger partial charge in [-0.1, -0.05) is 26.8 Å². The van der Waals surface area contributed by atoms with E-state index in [4.69, 9.17) is 5.73 Å². The molecule has 0 spiro atoms. The molecule has 0 amide bonds. The maximum absolute atomic E-state index is 13.8. The Kier molecular flexibility index (Phi) is 4.27. The highest BCUT2D eigenvalue weighted by atomic mass is 32.2. The van der Waals surface area contributed by atoms with Crippen molar-refractivity contribution in [2.75, 3.05) is 12.8 Å². The number of nitrogen functional groups attached to an aromatic ring is 1. The lowest BCUT2D eigenvalue weighted by Gasteiger charge is -2.34. The van der Waals surface area contributed by atoms with Crippen molar-refractivity contribution in [2.45, 2.75) is 38.6 Å². The van der Waals surface area contributed by atoms with Gasteiger partial charge in [0.25, 0.3) is 0 Å². The van der Waals surface area contributed by atoms with Crippen LogP contribution < -0.4 is 5.73 Å². The second kappa shape index (κ2) is 5.09. The maximum Gasteiger partial charge on any atom is 0.248 e. The molecule has 0 aliphatic heterocycles. The van der Waals surface area contributed by atoms with Gasteiger partial charge in [0.2, 0.25) is 10.0 Å². The Morgan fingerprint density at radius 2 is 1.84 bits per heavy atom. The van der Waals surface area contributed by atoms with Gasteiger partial charge in [-0.05, 0) is 24.5 Å². The Labute approximate surface area is 114 Å². The molecule has 108 valence electrons. The third kappa shape index (κ3) is 3.06. The van der Waals surface area contributed by atoms with E-state index in [0.29, 0.717) is 0 Å². The molecule has 1 rings (SSSR count). The molecule has 1 atom stereocenters. The third-order valence-electron chi connectivity index (χ3n) is 3.43. The Hall–Kier alpha value is -1.14. The van der Waals surface area contributed by atoms with Crippen molar-refractivity contribution in [2.24, 2.45) is 5.41 Å². The second-order valence-corrected chi connectivity index (χ2v) is 7.66. The van der Waals surface area contributed by atoms with Crippen molar-refractivity contribution < 1.29 is 12.8 Å². The van der Waals surface area contributed by atoms with Crippen LogP contribution in [0.25, 0.3) is 0 Å². The van der Waals surface area contributed by atoms with E-state index >= 15 is 0 Å². The van der Waals surface area contributed by atoms with Crippen molar-refractivity contribution in [3.63, 3.8) is 0 Å². The first-order chi connectivity index (χ1) is 8.49. The van der Waals surface area contributed by atoms with Crippen LogP contribution in [-0.4, -0.2) is 25.8 Å². The van der Waals surface area contributed by atoms with Crippen LogP contribution in [0.1, 0.15) is 27.7 Å². The first-order valence-electron chi connectivity index (χ1n) is 6.01. The van der Waals surface area contributed by atoms with E-state index in [9.17, 15) is 12.8 Å². The molecule has 0 radical (unpaired) electrons. The summed E-state index contributed by atoms with van der Waals surface area (Å²) < 4.78 is 39.9. The van der Waals surface area contributed by atoms with Gasteiger partial charge in [0.05, 0.1) is 5.69 Å². The molecular weight excluding hydrogens is 267 g/mol. The third-order valence-corrected chi connectivity index (χ3v) is 5.45. The quantitative estimate of drug-likeness (QED) is 0.869. The van der Waals surface area contributed by atoms with Crippen molar-refractivity contribution in [3.05, 3.63) is 24.0 Å². The molecule has 2 N–H and O–H groups in total. The number of hydrogen-bond acceptors (Lipinski definition) is 3. The fourth-order valence-electron chi connectivity index (χ4n) is 1.70. The minimum atomic E-state index is -3.95.